The standard InChI is InChI=1S/C15H25N3OS/c1-14(2,13-17-8-9-20-13)18-12(19)10-15(11-16)6-4-3-5-7-15/h8-9H,3-7,10-11,16H2,1-2H3,(H,18,19). The molecule has 0 bridgehead atoms. The van der Waals surface area contributed by atoms with Crippen LogP contribution in [0.5, 0.6) is 0 Å². The van der Waals surface area contributed by atoms with E-state index in [9.17, 15) is 4.79 Å². The van der Waals surface area contributed by atoms with Gasteiger partial charge in [0.2, 0.25) is 5.91 Å². The number of rotatable bonds is 5. The number of nitrogens with one attached hydrogen (secondary N) is 1. The fourth-order valence-corrected chi connectivity index (χ4v) is 3.79. The van der Waals surface area contributed by atoms with E-state index in [2.05, 4.69) is 10.3 Å². The molecule has 4 nitrogen and oxygen atoms in total. The molecule has 0 aromatic carbocycles. The van der Waals surface area contributed by atoms with Crippen LogP contribution in [0, 0.1) is 5.41 Å². The molecule has 0 atom stereocenters. The van der Waals surface area contributed by atoms with Crippen LogP contribution in [0.2, 0.25) is 0 Å². The maximum atomic E-state index is 12.4. The largest absolute Gasteiger partial charge is 0.345 e. The summed E-state index contributed by atoms with van der Waals surface area (Å²) in [6.45, 7) is 4.61. The Kier molecular flexibility index (Phi) is 4.81. The molecule has 1 aliphatic carbocycles. The first-order valence-electron chi connectivity index (χ1n) is 7.39. The van der Waals surface area contributed by atoms with E-state index in [-0.39, 0.29) is 11.3 Å². The van der Waals surface area contributed by atoms with E-state index in [4.69, 9.17) is 5.73 Å². The van der Waals surface area contributed by atoms with Gasteiger partial charge in [-0.15, -0.1) is 11.3 Å². The predicted molar refractivity (Wildman–Crippen MR) is 82.5 cm³/mol. The van der Waals surface area contributed by atoms with Gasteiger partial charge in [0, 0.05) is 18.0 Å². The molecule has 2 rings (SSSR count). The molecule has 1 saturated carbocycles. The monoisotopic (exact) mass is 295 g/mol. The Morgan fingerprint density at radius 2 is 2.15 bits per heavy atom. The van der Waals surface area contributed by atoms with Crippen LogP contribution < -0.4 is 11.1 Å². The molecule has 1 aromatic heterocycles. The summed E-state index contributed by atoms with van der Waals surface area (Å²) in [7, 11) is 0. The van der Waals surface area contributed by atoms with Crippen LogP contribution in [0.3, 0.4) is 0 Å². The van der Waals surface area contributed by atoms with Gasteiger partial charge in [-0.3, -0.25) is 4.79 Å². The molecular weight excluding hydrogens is 270 g/mol. The van der Waals surface area contributed by atoms with E-state index in [0.29, 0.717) is 13.0 Å². The molecule has 1 aromatic rings. The summed E-state index contributed by atoms with van der Waals surface area (Å²) >= 11 is 1.57. The van der Waals surface area contributed by atoms with E-state index >= 15 is 0 Å². The Morgan fingerprint density at radius 3 is 2.70 bits per heavy atom. The molecule has 3 N–H and O–H groups in total. The van der Waals surface area contributed by atoms with Crippen molar-refractivity contribution in [1.82, 2.24) is 10.3 Å². The molecule has 1 heterocycles. The highest BCUT2D eigenvalue weighted by Crippen LogP contribution is 2.38. The molecule has 0 spiro atoms. The number of carbonyl (C=O) groups excluding carboxylic acids is 1. The van der Waals surface area contributed by atoms with Crippen molar-refractivity contribution in [2.75, 3.05) is 6.54 Å². The Labute approximate surface area is 125 Å². The molecule has 1 amide bonds. The van der Waals surface area contributed by atoms with E-state index < -0.39 is 5.54 Å². The third-order valence-electron chi connectivity index (χ3n) is 4.30. The van der Waals surface area contributed by atoms with Gasteiger partial charge >= 0.3 is 0 Å². The van der Waals surface area contributed by atoms with Crippen LogP contribution in [0.4, 0.5) is 0 Å². The highest BCUT2D eigenvalue weighted by atomic mass is 32.1. The van der Waals surface area contributed by atoms with Crippen molar-refractivity contribution < 1.29 is 4.79 Å². The lowest BCUT2D eigenvalue weighted by atomic mass is 9.71. The summed E-state index contributed by atoms with van der Waals surface area (Å²) in [5.74, 6) is 0.0950. The van der Waals surface area contributed by atoms with E-state index in [1.54, 1.807) is 17.5 Å². The van der Waals surface area contributed by atoms with E-state index in [1.807, 2.05) is 19.2 Å². The van der Waals surface area contributed by atoms with Crippen molar-refractivity contribution in [2.24, 2.45) is 11.1 Å². The smallest absolute Gasteiger partial charge is 0.221 e. The average molecular weight is 295 g/mol. The third kappa shape index (κ3) is 3.58. The number of hydrogen-bond acceptors (Lipinski definition) is 4. The number of carbonyl (C=O) groups is 1. The maximum Gasteiger partial charge on any atom is 0.221 e. The fraction of sp³-hybridized carbons (Fsp3) is 0.733. The van der Waals surface area contributed by atoms with Gasteiger partial charge < -0.3 is 11.1 Å². The van der Waals surface area contributed by atoms with Crippen molar-refractivity contribution in [1.29, 1.82) is 0 Å². The van der Waals surface area contributed by atoms with Crippen molar-refractivity contribution in [2.45, 2.75) is 57.9 Å². The second-order valence-corrected chi connectivity index (χ2v) is 7.35. The van der Waals surface area contributed by atoms with Gasteiger partial charge in [-0.2, -0.15) is 0 Å². The predicted octanol–water partition coefficient (Wildman–Crippen LogP) is 2.79. The zero-order chi connectivity index (χ0) is 14.6. The molecule has 112 valence electrons. The highest BCUT2D eigenvalue weighted by molar-refractivity contribution is 7.09. The van der Waals surface area contributed by atoms with Gasteiger partial charge in [-0.1, -0.05) is 19.3 Å². The van der Waals surface area contributed by atoms with Gasteiger partial charge in [-0.25, -0.2) is 4.98 Å². The number of nitrogens with two attached hydrogens (primary N) is 1. The lowest BCUT2D eigenvalue weighted by Crippen LogP contribution is -2.45. The second-order valence-electron chi connectivity index (χ2n) is 6.45. The van der Waals surface area contributed by atoms with Gasteiger partial charge in [0.05, 0.1) is 5.54 Å². The lowest BCUT2D eigenvalue weighted by molar-refractivity contribution is -0.125. The number of nitrogens with zero attached hydrogens (tertiary/aromatic N) is 1. The lowest BCUT2D eigenvalue weighted by Gasteiger charge is -2.36. The van der Waals surface area contributed by atoms with Crippen LogP contribution in [-0.2, 0) is 10.3 Å². The quantitative estimate of drug-likeness (QED) is 0.877. The minimum Gasteiger partial charge on any atom is -0.345 e. The van der Waals surface area contributed by atoms with Crippen molar-refractivity contribution >= 4 is 17.2 Å². The van der Waals surface area contributed by atoms with Crippen molar-refractivity contribution in [3.05, 3.63) is 16.6 Å². The molecule has 20 heavy (non-hydrogen) atoms. The van der Waals surface area contributed by atoms with Gasteiger partial charge in [0.1, 0.15) is 5.01 Å². The Hall–Kier alpha value is -0.940. The molecular formula is C15H25N3OS. The van der Waals surface area contributed by atoms with Crippen LogP contribution in [-0.4, -0.2) is 17.4 Å². The first kappa shape index (κ1) is 15.4. The first-order chi connectivity index (χ1) is 9.47. The minimum absolute atomic E-state index is 0.0152. The van der Waals surface area contributed by atoms with Crippen LogP contribution in [0.15, 0.2) is 11.6 Å². The minimum atomic E-state index is -0.407. The topological polar surface area (TPSA) is 68.0 Å². The molecule has 0 aliphatic heterocycles. The Morgan fingerprint density at radius 1 is 1.45 bits per heavy atom. The third-order valence-corrected chi connectivity index (χ3v) is 5.40. The molecule has 1 aliphatic rings. The normalized spacial score (nSPS) is 18.8. The van der Waals surface area contributed by atoms with Crippen LogP contribution in [0.1, 0.15) is 57.4 Å². The van der Waals surface area contributed by atoms with Crippen molar-refractivity contribution in [3.63, 3.8) is 0 Å². The Bertz CT molecular complexity index is 436. The maximum absolute atomic E-state index is 12.4. The summed E-state index contributed by atoms with van der Waals surface area (Å²) < 4.78 is 0. The van der Waals surface area contributed by atoms with Gasteiger partial charge in [-0.05, 0) is 38.6 Å². The summed E-state index contributed by atoms with van der Waals surface area (Å²) in [6.07, 6.45) is 8.13. The van der Waals surface area contributed by atoms with Crippen LogP contribution in [0.25, 0.3) is 0 Å². The van der Waals surface area contributed by atoms with Gasteiger partial charge in [0.15, 0.2) is 0 Å². The molecule has 0 radical (unpaired) electrons. The fourth-order valence-electron chi connectivity index (χ4n) is 3.07. The number of aromatic nitrogens is 1. The summed E-state index contributed by atoms with van der Waals surface area (Å²) in [6, 6.07) is 0. The van der Waals surface area contributed by atoms with Crippen LogP contribution >= 0.6 is 11.3 Å². The molecule has 1 fully saturated rings. The zero-order valence-corrected chi connectivity index (χ0v) is 13.3. The molecule has 5 heteroatoms. The van der Waals surface area contributed by atoms with Crippen molar-refractivity contribution in [3.8, 4) is 0 Å². The average Bonchev–Trinajstić information content (AvgIpc) is 2.93. The molecule has 0 saturated heterocycles. The highest BCUT2D eigenvalue weighted by Gasteiger charge is 2.35. The Balaban J connectivity index is 1.98. The van der Waals surface area contributed by atoms with E-state index in [0.717, 1.165) is 17.8 Å². The number of amides is 1. The zero-order valence-electron chi connectivity index (χ0n) is 12.4. The summed E-state index contributed by atoms with van der Waals surface area (Å²) in [5, 5.41) is 6.00. The van der Waals surface area contributed by atoms with Gasteiger partial charge in [0.25, 0.3) is 0 Å². The second kappa shape index (κ2) is 6.22. The number of thiazole rings is 1. The SMILES string of the molecule is CC(C)(NC(=O)CC1(CN)CCCCC1)c1nccs1. The first-order valence-corrected chi connectivity index (χ1v) is 8.26. The van der Waals surface area contributed by atoms with E-state index in [1.165, 1.54) is 19.3 Å². The summed E-state index contributed by atoms with van der Waals surface area (Å²) in [5.41, 5.74) is 5.56. The summed E-state index contributed by atoms with van der Waals surface area (Å²) in [4.78, 5) is 16.7. The molecule has 0 unspecified atom stereocenters. The number of hydrogen-bond donors (Lipinski definition) is 2.